The summed E-state index contributed by atoms with van der Waals surface area (Å²) in [6, 6.07) is 7.89. The van der Waals surface area contributed by atoms with Crippen molar-refractivity contribution in [1.29, 1.82) is 0 Å². The molecule has 1 aromatic carbocycles. The highest BCUT2D eigenvalue weighted by atomic mass is 19.4. The first kappa shape index (κ1) is 19.2. The number of halogens is 3. The van der Waals surface area contributed by atoms with Gasteiger partial charge in [-0.2, -0.15) is 13.2 Å². The standard InChI is InChI=1S/C17H15F3N2O4/c1-25-15(23)8-9-21-16(24)11-2-5-13(6-3-11)26-14-7-4-12(10-22-14)17(18,19)20/h2-7,10H,8-9H2,1H3,(H,21,24). The number of amides is 1. The molecule has 6 nitrogen and oxygen atoms in total. The predicted octanol–water partition coefficient (Wildman–Crippen LogP) is 3.19. The summed E-state index contributed by atoms with van der Waals surface area (Å²) >= 11 is 0. The minimum Gasteiger partial charge on any atom is -0.469 e. The van der Waals surface area contributed by atoms with Gasteiger partial charge in [0.25, 0.3) is 5.91 Å². The Balaban J connectivity index is 1.92. The van der Waals surface area contributed by atoms with Crippen molar-refractivity contribution in [1.82, 2.24) is 10.3 Å². The molecule has 0 aliphatic rings. The van der Waals surface area contributed by atoms with Crippen molar-refractivity contribution < 1.29 is 32.2 Å². The van der Waals surface area contributed by atoms with Crippen LogP contribution in [0.1, 0.15) is 22.3 Å². The number of ether oxygens (including phenoxy) is 2. The van der Waals surface area contributed by atoms with Gasteiger partial charge in [-0.25, -0.2) is 4.98 Å². The monoisotopic (exact) mass is 368 g/mol. The molecule has 2 aromatic rings. The first-order chi connectivity index (χ1) is 12.3. The van der Waals surface area contributed by atoms with Gasteiger partial charge in [0.15, 0.2) is 0 Å². The predicted molar refractivity (Wildman–Crippen MR) is 84.7 cm³/mol. The maximum absolute atomic E-state index is 12.5. The van der Waals surface area contributed by atoms with Crippen LogP contribution in [0.4, 0.5) is 13.2 Å². The van der Waals surface area contributed by atoms with E-state index in [4.69, 9.17) is 4.74 Å². The van der Waals surface area contributed by atoms with Gasteiger partial charge in [-0.1, -0.05) is 0 Å². The highest BCUT2D eigenvalue weighted by Gasteiger charge is 2.30. The molecule has 0 saturated heterocycles. The van der Waals surface area contributed by atoms with Crippen LogP contribution >= 0.6 is 0 Å². The quantitative estimate of drug-likeness (QED) is 0.793. The number of nitrogens with zero attached hydrogens (tertiary/aromatic N) is 1. The molecule has 0 aliphatic heterocycles. The second-order valence-electron chi connectivity index (χ2n) is 5.09. The molecule has 0 radical (unpaired) electrons. The van der Waals surface area contributed by atoms with Crippen molar-refractivity contribution in [2.75, 3.05) is 13.7 Å². The van der Waals surface area contributed by atoms with Crippen molar-refractivity contribution in [3.63, 3.8) is 0 Å². The number of rotatable bonds is 6. The highest BCUT2D eigenvalue weighted by Crippen LogP contribution is 2.30. The van der Waals surface area contributed by atoms with Gasteiger partial charge in [0.05, 0.1) is 19.1 Å². The van der Waals surface area contributed by atoms with Crippen LogP contribution in [0.15, 0.2) is 42.6 Å². The van der Waals surface area contributed by atoms with Gasteiger partial charge in [0.2, 0.25) is 5.88 Å². The first-order valence-electron chi connectivity index (χ1n) is 7.46. The SMILES string of the molecule is COC(=O)CCNC(=O)c1ccc(Oc2ccc(C(F)(F)F)cn2)cc1. The molecule has 0 aliphatic carbocycles. The molecular formula is C17H15F3N2O4. The lowest BCUT2D eigenvalue weighted by Gasteiger charge is -2.09. The number of benzene rings is 1. The van der Waals surface area contributed by atoms with Gasteiger partial charge in [-0.05, 0) is 30.3 Å². The van der Waals surface area contributed by atoms with Gasteiger partial charge >= 0.3 is 12.1 Å². The second-order valence-corrected chi connectivity index (χ2v) is 5.09. The van der Waals surface area contributed by atoms with Crippen LogP contribution in [-0.2, 0) is 15.7 Å². The zero-order valence-corrected chi connectivity index (χ0v) is 13.7. The molecular weight excluding hydrogens is 353 g/mol. The summed E-state index contributed by atoms with van der Waals surface area (Å²) in [5.74, 6) is -0.511. The van der Waals surface area contributed by atoms with Crippen LogP contribution in [0.25, 0.3) is 0 Å². The van der Waals surface area contributed by atoms with E-state index in [2.05, 4.69) is 15.0 Å². The minimum absolute atomic E-state index is 0.00622. The number of nitrogens with one attached hydrogen (secondary N) is 1. The number of hydrogen-bond donors (Lipinski definition) is 1. The smallest absolute Gasteiger partial charge is 0.417 e. The van der Waals surface area contributed by atoms with Crippen LogP contribution in [0.5, 0.6) is 11.6 Å². The highest BCUT2D eigenvalue weighted by molar-refractivity contribution is 5.94. The molecule has 0 fully saturated rings. The van der Waals surface area contributed by atoms with E-state index in [-0.39, 0.29) is 24.8 Å². The minimum atomic E-state index is -4.46. The van der Waals surface area contributed by atoms with E-state index in [1.165, 1.54) is 31.4 Å². The Morgan fingerprint density at radius 3 is 2.35 bits per heavy atom. The van der Waals surface area contributed by atoms with E-state index in [0.717, 1.165) is 12.1 Å². The zero-order valence-electron chi connectivity index (χ0n) is 13.7. The average Bonchev–Trinajstić information content (AvgIpc) is 2.61. The number of esters is 1. The summed E-state index contributed by atoms with van der Waals surface area (Å²) in [7, 11) is 1.26. The Hall–Kier alpha value is -3.10. The number of hydrogen-bond acceptors (Lipinski definition) is 5. The van der Waals surface area contributed by atoms with Crippen molar-refractivity contribution >= 4 is 11.9 Å². The van der Waals surface area contributed by atoms with Gasteiger partial charge in [-0.3, -0.25) is 9.59 Å². The summed E-state index contributed by atoms with van der Waals surface area (Å²) in [6.07, 6.45) is -3.73. The molecule has 2 rings (SSSR count). The van der Waals surface area contributed by atoms with Crippen molar-refractivity contribution in [2.24, 2.45) is 0 Å². The van der Waals surface area contributed by atoms with Crippen molar-refractivity contribution in [3.05, 3.63) is 53.7 Å². The van der Waals surface area contributed by atoms with Crippen LogP contribution < -0.4 is 10.1 Å². The summed E-state index contributed by atoms with van der Waals surface area (Å²) in [4.78, 5) is 26.5. The molecule has 0 unspecified atom stereocenters. The van der Waals surface area contributed by atoms with E-state index in [1.54, 1.807) is 0 Å². The summed E-state index contributed by atoms with van der Waals surface area (Å²) in [5, 5.41) is 2.55. The molecule has 0 atom stereocenters. The number of carbonyl (C=O) groups is 2. The molecule has 0 saturated carbocycles. The Morgan fingerprint density at radius 2 is 1.81 bits per heavy atom. The summed E-state index contributed by atoms with van der Waals surface area (Å²) < 4.78 is 47.2. The van der Waals surface area contributed by atoms with Crippen molar-refractivity contribution in [2.45, 2.75) is 12.6 Å². The molecule has 0 spiro atoms. The van der Waals surface area contributed by atoms with E-state index >= 15 is 0 Å². The normalized spacial score (nSPS) is 10.9. The Morgan fingerprint density at radius 1 is 1.12 bits per heavy atom. The molecule has 26 heavy (non-hydrogen) atoms. The third-order valence-electron chi connectivity index (χ3n) is 3.24. The Labute approximate surface area is 146 Å². The fourth-order valence-corrected chi connectivity index (χ4v) is 1.89. The fourth-order valence-electron chi connectivity index (χ4n) is 1.89. The van der Waals surface area contributed by atoms with Gasteiger partial charge < -0.3 is 14.8 Å². The van der Waals surface area contributed by atoms with Gasteiger partial charge in [0.1, 0.15) is 5.75 Å². The zero-order chi connectivity index (χ0) is 19.2. The van der Waals surface area contributed by atoms with Crippen LogP contribution in [0.3, 0.4) is 0 Å². The van der Waals surface area contributed by atoms with Gasteiger partial charge in [-0.15, -0.1) is 0 Å². The molecule has 0 bridgehead atoms. The second kappa shape index (κ2) is 8.32. The average molecular weight is 368 g/mol. The van der Waals surface area contributed by atoms with Crippen LogP contribution in [0.2, 0.25) is 0 Å². The Kier molecular flexibility index (Phi) is 6.16. The van der Waals surface area contributed by atoms with E-state index in [0.29, 0.717) is 17.5 Å². The van der Waals surface area contributed by atoms with Gasteiger partial charge in [0, 0.05) is 24.4 Å². The maximum atomic E-state index is 12.5. The lowest BCUT2D eigenvalue weighted by Crippen LogP contribution is -2.26. The largest absolute Gasteiger partial charge is 0.469 e. The number of methoxy groups -OCH3 is 1. The number of alkyl halides is 3. The maximum Gasteiger partial charge on any atom is 0.417 e. The van der Waals surface area contributed by atoms with E-state index in [1.807, 2.05) is 0 Å². The van der Waals surface area contributed by atoms with Crippen LogP contribution in [-0.4, -0.2) is 30.5 Å². The molecule has 1 N–H and O–H groups in total. The summed E-state index contributed by atoms with van der Waals surface area (Å²) in [5.41, 5.74) is -0.536. The molecule has 138 valence electrons. The van der Waals surface area contributed by atoms with Crippen LogP contribution in [0, 0.1) is 0 Å². The van der Waals surface area contributed by atoms with E-state index < -0.39 is 17.7 Å². The molecule has 9 heteroatoms. The number of pyridine rings is 1. The molecule has 1 amide bonds. The lowest BCUT2D eigenvalue weighted by molar-refractivity contribution is -0.140. The lowest BCUT2D eigenvalue weighted by atomic mass is 10.2. The third-order valence-corrected chi connectivity index (χ3v) is 3.24. The number of carbonyl (C=O) groups excluding carboxylic acids is 2. The van der Waals surface area contributed by atoms with Crippen molar-refractivity contribution in [3.8, 4) is 11.6 Å². The van der Waals surface area contributed by atoms with E-state index in [9.17, 15) is 22.8 Å². The topological polar surface area (TPSA) is 77.5 Å². The summed E-state index contributed by atoms with van der Waals surface area (Å²) in [6.45, 7) is 0.138. The Bertz CT molecular complexity index is 759. The molecule has 1 aromatic heterocycles. The first-order valence-corrected chi connectivity index (χ1v) is 7.46. The fraction of sp³-hybridized carbons (Fsp3) is 0.235. The number of aromatic nitrogens is 1. The third kappa shape index (κ3) is 5.47. The molecule has 1 heterocycles.